The van der Waals surface area contributed by atoms with Gasteiger partial charge in [-0.15, -0.1) is 0 Å². The number of aromatic hydroxyl groups is 3. The topological polar surface area (TPSA) is 292 Å². The molecule has 10 atom stereocenters. The number of hydrogen-bond donors (Lipinski definition) is 10. The Morgan fingerprint density at radius 1 is 0.804 bits per heavy atom. The molecule has 0 aromatic heterocycles. The Morgan fingerprint density at radius 3 is 2.11 bits per heavy atom. The fourth-order valence-corrected chi connectivity index (χ4v) is 5.04. The van der Waals surface area contributed by atoms with Crippen LogP contribution in [0.5, 0.6) is 23.0 Å². The summed E-state index contributed by atoms with van der Waals surface area (Å²) in [6.07, 6.45) is -16.0. The molecule has 46 heavy (non-hydrogen) atoms. The lowest BCUT2D eigenvalue weighted by atomic mass is 9.97. The van der Waals surface area contributed by atoms with Crippen LogP contribution in [0.15, 0.2) is 23.0 Å². The molecule has 2 fully saturated rings. The predicted molar refractivity (Wildman–Crippen MR) is 149 cm³/mol. The maximum atomic E-state index is 12.6. The fourth-order valence-electron chi connectivity index (χ4n) is 5.04. The average Bonchev–Trinajstić information content (AvgIpc) is 3.17. The first-order chi connectivity index (χ1) is 21.8. The van der Waals surface area contributed by atoms with Gasteiger partial charge in [0, 0.05) is 6.42 Å². The van der Waals surface area contributed by atoms with E-state index in [0.717, 1.165) is 25.3 Å². The third-order valence-electron chi connectivity index (χ3n) is 7.54. The van der Waals surface area contributed by atoms with E-state index >= 15 is 0 Å². The normalized spacial score (nSPS) is 31.5. The lowest BCUT2D eigenvalue weighted by Crippen LogP contribution is -2.64. The van der Waals surface area contributed by atoms with Crippen molar-refractivity contribution in [3.05, 3.63) is 34.0 Å². The fraction of sp³-hybridized carbons (Fsp3) is 0.571. The Hall–Kier alpha value is -3.40. The molecule has 0 bridgehead atoms. The second-order valence-corrected chi connectivity index (χ2v) is 10.6. The van der Waals surface area contributed by atoms with Crippen molar-refractivity contribution in [1.82, 2.24) is 0 Å². The first kappa shape index (κ1) is 35.5. The molecule has 0 saturated carbocycles. The summed E-state index contributed by atoms with van der Waals surface area (Å²) in [4.78, 5) is 24.6. The zero-order chi connectivity index (χ0) is 33.9. The predicted octanol–water partition coefficient (Wildman–Crippen LogP) is -3.49. The minimum Gasteiger partial charge on any atom is -0.504 e. The summed E-state index contributed by atoms with van der Waals surface area (Å²) >= 11 is 0. The number of benzene rings is 1. The molecule has 256 valence electrons. The number of methoxy groups -OCH3 is 1. The third-order valence-corrected chi connectivity index (χ3v) is 7.54. The zero-order valence-electron chi connectivity index (χ0n) is 24.3. The van der Waals surface area contributed by atoms with Gasteiger partial charge in [-0.1, -0.05) is 0 Å². The summed E-state index contributed by atoms with van der Waals surface area (Å²) in [6, 6.07) is 3.16. The van der Waals surface area contributed by atoms with E-state index in [2.05, 4.69) is 4.74 Å². The molecule has 2 aromatic rings. The van der Waals surface area contributed by atoms with Crippen molar-refractivity contribution >= 4 is 16.7 Å². The van der Waals surface area contributed by atoms with E-state index in [-0.39, 0.29) is 36.3 Å². The molecule has 0 amide bonds. The minimum absolute atomic E-state index is 0.0597. The molecule has 2 saturated heterocycles. The van der Waals surface area contributed by atoms with Crippen LogP contribution in [0.3, 0.4) is 0 Å². The molecule has 2 heterocycles. The quantitative estimate of drug-likeness (QED) is 0.0636. The molecule has 18 heteroatoms. The number of phenolic OH excluding ortho intramolecular Hbond substituents is 2. The molecular formula is C28H36O18. The van der Waals surface area contributed by atoms with Gasteiger partial charge in [0.15, 0.2) is 29.8 Å². The molecule has 0 aliphatic carbocycles. The molecule has 2 aliphatic heterocycles. The maximum absolute atomic E-state index is 12.6. The van der Waals surface area contributed by atoms with Gasteiger partial charge in [-0.05, 0) is 23.6 Å². The number of aliphatic hydroxyl groups is 7. The van der Waals surface area contributed by atoms with Crippen LogP contribution in [-0.4, -0.2) is 152 Å². The van der Waals surface area contributed by atoms with E-state index in [4.69, 9.17) is 23.7 Å². The Kier molecular flexibility index (Phi) is 11.6. The second-order valence-electron chi connectivity index (χ2n) is 10.6. The zero-order valence-corrected chi connectivity index (χ0v) is 24.3. The maximum Gasteiger partial charge on any atom is 0.338 e. The number of hydrogen-bond acceptors (Lipinski definition) is 18. The SMILES string of the molecule is COC(=O)c1cc(O)c(=O)c2c(O)c(O)c(OCCCO[C@@H]3O[C@H](CO)[C@@H](O[C@@H]4O[C@H](CO)[C@H](O)C(O)[C@H]4O)[C@H](O)[C@H]3O)cc2c1. The Labute approximate surface area is 259 Å². The Bertz CT molecular complexity index is 1430. The summed E-state index contributed by atoms with van der Waals surface area (Å²) in [5.74, 6) is -3.76. The first-order valence-corrected chi connectivity index (χ1v) is 14.0. The standard InChI is InChI=1S/C28H36O18/c1-41-26(40)11-5-10-7-13(18(33)20(35)16(10)17(32)12(31)6-11)42-3-2-4-43-27-24(39)22(37)25(15(9-30)45-27)46-28-23(38)21(36)19(34)14(8-29)44-28/h5-7,14-15,19,21-25,27-30,33-39H,2-4,8-9H2,1H3,(H,31,32)/t14-,15-,19+,21?,22-,23-,24-,25-,27-,28+/m1/s1. The van der Waals surface area contributed by atoms with Gasteiger partial charge in [-0.2, -0.15) is 0 Å². The van der Waals surface area contributed by atoms with Crippen LogP contribution in [0.2, 0.25) is 0 Å². The highest BCUT2D eigenvalue weighted by atomic mass is 16.7. The number of fused-ring (bicyclic) bond motifs is 1. The van der Waals surface area contributed by atoms with E-state index in [1.807, 2.05) is 0 Å². The molecule has 10 N–H and O–H groups in total. The van der Waals surface area contributed by atoms with E-state index in [1.54, 1.807) is 0 Å². The van der Waals surface area contributed by atoms with Crippen LogP contribution in [0.4, 0.5) is 0 Å². The number of carbonyl (C=O) groups excluding carboxylic acids is 1. The molecule has 4 rings (SSSR count). The highest BCUT2D eigenvalue weighted by molar-refractivity contribution is 5.98. The number of carbonyl (C=O) groups is 1. The summed E-state index contributed by atoms with van der Waals surface area (Å²) < 4.78 is 31.9. The number of aliphatic hydroxyl groups excluding tert-OH is 7. The van der Waals surface area contributed by atoms with Crippen molar-refractivity contribution < 1.29 is 84.3 Å². The summed E-state index contributed by atoms with van der Waals surface area (Å²) in [5.41, 5.74) is -1.28. The van der Waals surface area contributed by atoms with Gasteiger partial charge in [0.1, 0.15) is 48.8 Å². The molecule has 2 aromatic carbocycles. The van der Waals surface area contributed by atoms with Crippen LogP contribution in [-0.2, 0) is 23.7 Å². The van der Waals surface area contributed by atoms with Crippen LogP contribution in [0, 0.1) is 0 Å². The third kappa shape index (κ3) is 7.11. The molecule has 0 spiro atoms. The summed E-state index contributed by atoms with van der Waals surface area (Å²) in [5, 5.41) is 101. The Balaban J connectivity index is 1.37. The first-order valence-electron chi connectivity index (χ1n) is 14.0. The summed E-state index contributed by atoms with van der Waals surface area (Å²) in [6.45, 7) is -1.83. The number of phenols is 2. The van der Waals surface area contributed by atoms with E-state index in [9.17, 15) is 60.7 Å². The van der Waals surface area contributed by atoms with E-state index in [0.29, 0.717) is 0 Å². The van der Waals surface area contributed by atoms with Crippen molar-refractivity contribution in [3.63, 3.8) is 0 Å². The molecule has 0 radical (unpaired) electrons. The molecule has 2 aliphatic rings. The van der Waals surface area contributed by atoms with E-state index in [1.165, 1.54) is 0 Å². The van der Waals surface area contributed by atoms with Gasteiger partial charge in [0.05, 0.1) is 44.5 Å². The van der Waals surface area contributed by atoms with Crippen molar-refractivity contribution in [2.45, 2.75) is 67.8 Å². The average molecular weight is 661 g/mol. The largest absolute Gasteiger partial charge is 0.504 e. The van der Waals surface area contributed by atoms with Crippen LogP contribution < -0.4 is 10.2 Å². The smallest absolute Gasteiger partial charge is 0.338 e. The van der Waals surface area contributed by atoms with Crippen LogP contribution >= 0.6 is 0 Å². The summed E-state index contributed by atoms with van der Waals surface area (Å²) in [7, 11) is 1.09. The lowest BCUT2D eigenvalue weighted by molar-refractivity contribution is -0.359. The van der Waals surface area contributed by atoms with Crippen molar-refractivity contribution in [2.75, 3.05) is 33.5 Å². The molecular weight excluding hydrogens is 624 g/mol. The van der Waals surface area contributed by atoms with Crippen LogP contribution in [0.25, 0.3) is 10.8 Å². The molecule has 1 unspecified atom stereocenters. The number of ether oxygens (including phenoxy) is 6. The Morgan fingerprint density at radius 2 is 1.46 bits per heavy atom. The van der Waals surface area contributed by atoms with Gasteiger partial charge in [-0.25, -0.2) is 4.79 Å². The van der Waals surface area contributed by atoms with Crippen molar-refractivity contribution in [2.24, 2.45) is 0 Å². The van der Waals surface area contributed by atoms with E-state index < -0.39 is 109 Å². The van der Waals surface area contributed by atoms with Gasteiger partial charge < -0.3 is 79.5 Å². The monoisotopic (exact) mass is 660 g/mol. The highest BCUT2D eigenvalue weighted by Gasteiger charge is 2.50. The minimum atomic E-state index is -1.81. The van der Waals surface area contributed by atoms with Crippen molar-refractivity contribution in [3.8, 4) is 23.0 Å². The van der Waals surface area contributed by atoms with Crippen molar-refractivity contribution in [1.29, 1.82) is 0 Å². The van der Waals surface area contributed by atoms with Gasteiger partial charge in [0.25, 0.3) is 0 Å². The lowest BCUT2D eigenvalue weighted by Gasteiger charge is -2.45. The number of rotatable bonds is 11. The van der Waals surface area contributed by atoms with Gasteiger partial charge in [-0.3, -0.25) is 4.79 Å². The molecule has 18 nitrogen and oxygen atoms in total. The van der Waals surface area contributed by atoms with Crippen LogP contribution in [0.1, 0.15) is 16.8 Å². The highest BCUT2D eigenvalue weighted by Crippen LogP contribution is 2.41. The number of esters is 1. The van der Waals surface area contributed by atoms with Gasteiger partial charge >= 0.3 is 5.97 Å². The second kappa shape index (κ2) is 15.0. The van der Waals surface area contributed by atoms with Gasteiger partial charge in [0.2, 0.25) is 11.2 Å².